The number of carbonyl (C=O) groups excluding carboxylic acids is 1. The van der Waals surface area contributed by atoms with Crippen LogP contribution in [-0.2, 0) is 4.79 Å². The third-order valence-electron chi connectivity index (χ3n) is 2.89. The maximum Gasteiger partial charge on any atom is 0.277 e. The van der Waals surface area contributed by atoms with Gasteiger partial charge in [-0.05, 0) is 50.1 Å². The molecule has 2 aromatic carbocycles. The van der Waals surface area contributed by atoms with Crippen LogP contribution < -0.4 is 10.2 Å². The van der Waals surface area contributed by atoms with E-state index in [2.05, 4.69) is 58.3 Å². The van der Waals surface area contributed by atoms with E-state index in [-0.39, 0.29) is 17.9 Å². The van der Waals surface area contributed by atoms with Crippen LogP contribution in [0.2, 0.25) is 0 Å². The molecule has 26 heavy (non-hydrogen) atoms. The van der Waals surface area contributed by atoms with Gasteiger partial charge >= 0.3 is 0 Å². The zero-order valence-corrected chi connectivity index (χ0v) is 17.5. The molecular weight excluding hydrogens is 545 g/mol. The Morgan fingerprint density at radius 3 is 2.54 bits per heavy atom. The molecule has 0 bridgehead atoms. The van der Waals surface area contributed by atoms with Crippen molar-refractivity contribution in [2.24, 2.45) is 5.10 Å². The van der Waals surface area contributed by atoms with Gasteiger partial charge in [0.25, 0.3) is 11.6 Å². The first-order valence-electron chi connectivity index (χ1n) is 6.81. The molecule has 0 radical (unpaired) electrons. The van der Waals surface area contributed by atoms with E-state index in [0.29, 0.717) is 14.7 Å². The summed E-state index contributed by atoms with van der Waals surface area (Å²) in [6.45, 7) is -0.340. The molecule has 0 saturated heterocycles. The predicted molar refractivity (Wildman–Crippen MR) is 104 cm³/mol. The Labute approximate surface area is 172 Å². The van der Waals surface area contributed by atoms with Crippen molar-refractivity contribution in [3.05, 3.63) is 65.2 Å². The number of nitrogens with zero attached hydrogens (tertiary/aromatic N) is 2. The number of non-ortho nitro benzene ring substituents is 1. The van der Waals surface area contributed by atoms with E-state index in [0.717, 1.165) is 28.9 Å². The van der Waals surface area contributed by atoms with Gasteiger partial charge in [0.1, 0.15) is 11.6 Å². The summed E-state index contributed by atoms with van der Waals surface area (Å²) in [6.07, 6.45) is 0.978. The number of ether oxygens (including phenoxy) is 1. The summed E-state index contributed by atoms with van der Waals surface area (Å²) in [5.74, 6) is -0.863. The standard InChI is InChI=1S/C15H9Br3FN3O4/c16-9-4-11(17)15(12(18)5-9)26-7-14(23)21-20-6-8-3-10(22(24)25)1-2-13(8)19/h1-6H,7H2,(H,21,23). The number of halogens is 4. The van der Waals surface area contributed by atoms with E-state index in [1.807, 2.05) is 0 Å². The molecule has 136 valence electrons. The van der Waals surface area contributed by atoms with Crippen LogP contribution in [-0.4, -0.2) is 23.7 Å². The molecule has 0 aliphatic carbocycles. The molecule has 0 unspecified atom stereocenters. The molecule has 7 nitrogen and oxygen atoms in total. The number of carbonyl (C=O) groups is 1. The van der Waals surface area contributed by atoms with Crippen LogP contribution in [0.3, 0.4) is 0 Å². The minimum atomic E-state index is -0.701. The lowest BCUT2D eigenvalue weighted by atomic mass is 10.2. The zero-order valence-electron chi connectivity index (χ0n) is 12.7. The topological polar surface area (TPSA) is 93.8 Å². The SMILES string of the molecule is O=C(COc1c(Br)cc(Br)cc1Br)NN=Cc1cc([N+](=O)[O-])ccc1F. The van der Waals surface area contributed by atoms with E-state index in [1.54, 1.807) is 12.1 Å². The molecule has 0 spiro atoms. The highest BCUT2D eigenvalue weighted by Crippen LogP contribution is 2.36. The molecular formula is C15H9Br3FN3O4. The summed E-state index contributed by atoms with van der Waals surface area (Å²) in [5.41, 5.74) is 1.75. The van der Waals surface area contributed by atoms with Crippen molar-refractivity contribution in [3.63, 3.8) is 0 Å². The molecule has 2 aromatic rings. The average Bonchev–Trinajstić information content (AvgIpc) is 2.55. The van der Waals surface area contributed by atoms with Crippen molar-refractivity contribution >= 4 is 65.6 Å². The van der Waals surface area contributed by atoms with Gasteiger partial charge in [-0.1, -0.05) is 15.9 Å². The van der Waals surface area contributed by atoms with Crippen molar-refractivity contribution < 1.29 is 18.8 Å². The van der Waals surface area contributed by atoms with Crippen LogP contribution in [0.15, 0.2) is 48.9 Å². The Bertz CT molecular complexity index is 869. The Hall–Kier alpha value is -1.85. The number of nitro groups is 1. The minimum absolute atomic E-state index is 0.126. The number of nitrogens with one attached hydrogen (secondary N) is 1. The summed E-state index contributed by atoms with van der Waals surface area (Å²) in [5, 5.41) is 14.3. The van der Waals surface area contributed by atoms with Gasteiger partial charge in [0, 0.05) is 22.2 Å². The summed E-state index contributed by atoms with van der Waals surface area (Å²) in [6, 6.07) is 6.50. The Balaban J connectivity index is 1.96. The molecule has 0 fully saturated rings. The number of benzene rings is 2. The third-order valence-corrected chi connectivity index (χ3v) is 4.53. The lowest BCUT2D eigenvalue weighted by molar-refractivity contribution is -0.384. The molecule has 0 aromatic heterocycles. The second kappa shape index (κ2) is 9.19. The zero-order chi connectivity index (χ0) is 19.3. The van der Waals surface area contributed by atoms with E-state index < -0.39 is 16.6 Å². The molecule has 0 aliphatic heterocycles. The smallest absolute Gasteiger partial charge is 0.277 e. The van der Waals surface area contributed by atoms with Gasteiger partial charge in [-0.25, -0.2) is 9.82 Å². The van der Waals surface area contributed by atoms with Crippen molar-refractivity contribution in [1.82, 2.24) is 5.43 Å². The summed E-state index contributed by atoms with van der Waals surface area (Å²) < 4.78 is 21.1. The number of nitro benzene ring substituents is 1. The number of hydrogen-bond donors (Lipinski definition) is 1. The third kappa shape index (κ3) is 5.58. The second-order valence-electron chi connectivity index (χ2n) is 4.74. The first-order chi connectivity index (χ1) is 12.3. The van der Waals surface area contributed by atoms with Gasteiger partial charge in [0.2, 0.25) is 0 Å². The Morgan fingerprint density at radius 1 is 1.27 bits per heavy atom. The number of rotatable bonds is 6. The fourth-order valence-corrected chi connectivity index (χ4v) is 4.24. The van der Waals surface area contributed by atoms with Crippen LogP contribution >= 0.6 is 47.8 Å². The van der Waals surface area contributed by atoms with Gasteiger partial charge in [-0.3, -0.25) is 14.9 Å². The largest absolute Gasteiger partial charge is 0.481 e. The molecule has 0 saturated carbocycles. The molecule has 1 amide bonds. The molecule has 0 heterocycles. The average molecular weight is 554 g/mol. The summed E-state index contributed by atoms with van der Waals surface area (Å²) in [7, 11) is 0. The first kappa shape index (κ1) is 20.5. The number of amides is 1. The molecule has 2 rings (SSSR count). The summed E-state index contributed by atoms with van der Waals surface area (Å²) in [4.78, 5) is 21.8. The van der Waals surface area contributed by atoms with Crippen molar-refractivity contribution in [3.8, 4) is 5.75 Å². The highest BCUT2D eigenvalue weighted by Gasteiger charge is 2.11. The van der Waals surface area contributed by atoms with Gasteiger partial charge in [-0.15, -0.1) is 0 Å². The lowest BCUT2D eigenvalue weighted by Gasteiger charge is -2.09. The fourth-order valence-electron chi connectivity index (χ4n) is 1.75. The van der Waals surface area contributed by atoms with Gasteiger partial charge in [-0.2, -0.15) is 5.10 Å². The van der Waals surface area contributed by atoms with Crippen LogP contribution in [0.5, 0.6) is 5.75 Å². The van der Waals surface area contributed by atoms with Crippen LogP contribution in [0.25, 0.3) is 0 Å². The van der Waals surface area contributed by atoms with Gasteiger partial charge < -0.3 is 4.74 Å². The van der Waals surface area contributed by atoms with Crippen molar-refractivity contribution in [2.45, 2.75) is 0 Å². The highest BCUT2D eigenvalue weighted by atomic mass is 79.9. The minimum Gasteiger partial charge on any atom is -0.481 e. The second-order valence-corrected chi connectivity index (χ2v) is 7.37. The van der Waals surface area contributed by atoms with Gasteiger partial charge in [0.15, 0.2) is 6.61 Å². The van der Waals surface area contributed by atoms with Crippen LogP contribution in [0, 0.1) is 15.9 Å². The lowest BCUT2D eigenvalue weighted by Crippen LogP contribution is -2.24. The fraction of sp³-hybridized carbons (Fsp3) is 0.0667. The molecule has 1 N–H and O–H groups in total. The number of hydrogen-bond acceptors (Lipinski definition) is 5. The molecule has 0 atom stereocenters. The van der Waals surface area contributed by atoms with E-state index in [4.69, 9.17) is 4.74 Å². The van der Waals surface area contributed by atoms with Crippen molar-refractivity contribution in [2.75, 3.05) is 6.61 Å². The molecule has 0 aliphatic rings. The summed E-state index contributed by atoms with van der Waals surface area (Å²) >= 11 is 9.95. The monoisotopic (exact) mass is 551 g/mol. The van der Waals surface area contributed by atoms with Crippen molar-refractivity contribution in [1.29, 1.82) is 0 Å². The Morgan fingerprint density at radius 2 is 1.92 bits per heavy atom. The maximum atomic E-state index is 13.6. The van der Waals surface area contributed by atoms with E-state index in [1.165, 1.54) is 0 Å². The van der Waals surface area contributed by atoms with E-state index in [9.17, 15) is 19.3 Å². The van der Waals surface area contributed by atoms with Gasteiger partial charge in [0.05, 0.1) is 20.1 Å². The predicted octanol–water partition coefficient (Wildman–Crippen LogP) is 4.55. The normalized spacial score (nSPS) is 10.8. The first-order valence-corrected chi connectivity index (χ1v) is 9.19. The Kier molecular flexibility index (Phi) is 7.23. The van der Waals surface area contributed by atoms with Crippen LogP contribution in [0.4, 0.5) is 10.1 Å². The van der Waals surface area contributed by atoms with E-state index >= 15 is 0 Å². The number of hydrazone groups is 1. The highest BCUT2D eigenvalue weighted by molar-refractivity contribution is 9.11. The quantitative estimate of drug-likeness (QED) is 0.323. The maximum absolute atomic E-state index is 13.6. The van der Waals surface area contributed by atoms with Crippen LogP contribution in [0.1, 0.15) is 5.56 Å². The molecule has 11 heteroatoms.